The van der Waals surface area contributed by atoms with E-state index in [1.807, 2.05) is 6.07 Å². The van der Waals surface area contributed by atoms with Gasteiger partial charge in [-0.1, -0.05) is 6.07 Å². The van der Waals surface area contributed by atoms with Gasteiger partial charge in [0.05, 0.1) is 11.6 Å². The summed E-state index contributed by atoms with van der Waals surface area (Å²) in [5.41, 5.74) is 0.699. The van der Waals surface area contributed by atoms with Crippen LogP contribution in [0, 0.1) is 17.1 Å². The maximum absolute atomic E-state index is 13.6. The first-order valence-corrected chi connectivity index (χ1v) is 5.91. The fourth-order valence-electron chi connectivity index (χ4n) is 1.37. The maximum atomic E-state index is 13.6. The number of aromatic nitrogens is 1. The third kappa shape index (κ3) is 3.05. The number of halogens is 2. The van der Waals surface area contributed by atoms with Gasteiger partial charge in [-0.05, 0) is 34.1 Å². The van der Waals surface area contributed by atoms with Gasteiger partial charge in [-0.25, -0.2) is 9.37 Å². The van der Waals surface area contributed by atoms with Crippen LogP contribution in [-0.4, -0.2) is 4.98 Å². The molecule has 0 aliphatic rings. The van der Waals surface area contributed by atoms with Crippen LogP contribution >= 0.6 is 15.9 Å². The van der Waals surface area contributed by atoms with E-state index in [-0.39, 0.29) is 6.61 Å². The average Bonchev–Trinajstić information content (AvgIpc) is 2.37. The first kappa shape index (κ1) is 12.5. The Bertz CT molecular complexity index is 610. The van der Waals surface area contributed by atoms with Crippen molar-refractivity contribution >= 4 is 15.9 Å². The van der Waals surface area contributed by atoms with Gasteiger partial charge in [0.25, 0.3) is 0 Å². The molecule has 2 aromatic rings. The Morgan fingerprint density at radius 2 is 2.17 bits per heavy atom. The fraction of sp³-hybridized carbons (Fsp3) is 0.0769. The van der Waals surface area contributed by atoms with Crippen LogP contribution in [0.2, 0.25) is 0 Å². The summed E-state index contributed by atoms with van der Waals surface area (Å²) in [6.07, 6.45) is 1.59. The summed E-state index contributed by atoms with van der Waals surface area (Å²) in [6, 6.07) is 9.56. The van der Waals surface area contributed by atoms with E-state index in [0.717, 1.165) is 0 Å². The molecule has 18 heavy (non-hydrogen) atoms. The van der Waals surface area contributed by atoms with Crippen LogP contribution in [0.3, 0.4) is 0 Å². The van der Waals surface area contributed by atoms with E-state index in [0.29, 0.717) is 21.5 Å². The second kappa shape index (κ2) is 5.61. The quantitative estimate of drug-likeness (QED) is 0.816. The molecule has 0 unspecified atom stereocenters. The summed E-state index contributed by atoms with van der Waals surface area (Å²) in [5.74, 6) is 0.155. The van der Waals surface area contributed by atoms with Crippen LogP contribution < -0.4 is 4.74 Å². The maximum Gasteiger partial charge on any atom is 0.131 e. The molecule has 0 bridgehead atoms. The molecule has 0 spiro atoms. The number of hydrogen-bond acceptors (Lipinski definition) is 3. The Morgan fingerprint density at radius 3 is 2.83 bits per heavy atom. The average molecular weight is 307 g/mol. The topological polar surface area (TPSA) is 45.9 Å². The van der Waals surface area contributed by atoms with Gasteiger partial charge < -0.3 is 4.74 Å². The van der Waals surface area contributed by atoms with Crippen LogP contribution in [0.15, 0.2) is 41.1 Å². The van der Waals surface area contributed by atoms with E-state index in [9.17, 15) is 4.39 Å². The minimum atomic E-state index is -0.442. The lowest BCUT2D eigenvalue weighted by Crippen LogP contribution is -1.99. The second-order valence-electron chi connectivity index (χ2n) is 3.52. The smallest absolute Gasteiger partial charge is 0.131 e. The van der Waals surface area contributed by atoms with Crippen molar-refractivity contribution in [2.45, 2.75) is 6.61 Å². The fourth-order valence-corrected chi connectivity index (χ4v) is 1.71. The molecular formula is C13H8BrFN2O. The van der Waals surface area contributed by atoms with Crippen LogP contribution in [-0.2, 0) is 6.61 Å². The molecule has 1 aromatic carbocycles. The van der Waals surface area contributed by atoms with E-state index in [1.165, 1.54) is 6.07 Å². The van der Waals surface area contributed by atoms with Gasteiger partial charge in [0.15, 0.2) is 0 Å². The number of nitrogens with zero attached hydrogens (tertiary/aromatic N) is 2. The summed E-state index contributed by atoms with van der Waals surface area (Å²) >= 11 is 3.22. The SMILES string of the molecule is N#Cc1ccc(COc2ccnc(Br)c2)c(F)c1. The molecule has 1 heterocycles. The van der Waals surface area contributed by atoms with Crippen molar-refractivity contribution in [3.05, 3.63) is 58.1 Å². The summed E-state index contributed by atoms with van der Waals surface area (Å²) < 4.78 is 19.7. The molecule has 0 atom stereocenters. The summed E-state index contributed by atoms with van der Waals surface area (Å²) in [7, 11) is 0. The second-order valence-corrected chi connectivity index (χ2v) is 4.33. The minimum absolute atomic E-state index is 0.105. The molecule has 0 radical (unpaired) electrons. The van der Waals surface area contributed by atoms with E-state index in [1.54, 1.807) is 30.5 Å². The number of ether oxygens (including phenoxy) is 1. The van der Waals surface area contributed by atoms with Gasteiger partial charge in [-0.3, -0.25) is 0 Å². The molecule has 90 valence electrons. The molecule has 0 aliphatic heterocycles. The molecule has 0 fully saturated rings. The lowest BCUT2D eigenvalue weighted by Gasteiger charge is -2.07. The Kier molecular flexibility index (Phi) is 3.90. The van der Waals surface area contributed by atoms with Crippen LogP contribution in [0.4, 0.5) is 4.39 Å². The number of nitriles is 1. The van der Waals surface area contributed by atoms with Crippen molar-refractivity contribution in [1.82, 2.24) is 4.98 Å². The molecule has 5 heteroatoms. The number of pyridine rings is 1. The standard InChI is InChI=1S/C13H8BrFN2O/c14-13-6-11(3-4-17-13)18-8-10-2-1-9(7-16)5-12(10)15/h1-6H,8H2. The number of benzene rings is 1. The Morgan fingerprint density at radius 1 is 1.33 bits per heavy atom. The molecule has 1 aromatic heterocycles. The van der Waals surface area contributed by atoms with Crippen LogP contribution in [0.25, 0.3) is 0 Å². The predicted octanol–water partition coefficient (Wildman–Crippen LogP) is 3.43. The highest BCUT2D eigenvalue weighted by Gasteiger charge is 2.04. The van der Waals surface area contributed by atoms with Crippen molar-refractivity contribution < 1.29 is 9.13 Å². The molecule has 0 saturated heterocycles. The van der Waals surface area contributed by atoms with Crippen LogP contribution in [0.5, 0.6) is 5.75 Å². The zero-order valence-electron chi connectivity index (χ0n) is 9.23. The zero-order valence-corrected chi connectivity index (χ0v) is 10.8. The molecule has 0 saturated carbocycles. The third-order valence-electron chi connectivity index (χ3n) is 2.27. The Labute approximate surface area is 112 Å². The molecule has 0 amide bonds. The highest BCUT2D eigenvalue weighted by molar-refractivity contribution is 9.10. The summed E-state index contributed by atoms with van der Waals surface area (Å²) in [6.45, 7) is 0.105. The highest BCUT2D eigenvalue weighted by atomic mass is 79.9. The van der Waals surface area contributed by atoms with E-state index in [4.69, 9.17) is 10.00 Å². The lowest BCUT2D eigenvalue weighted by atomic mass is 10.1. The Balaban J connectivity index is 2.09. The van der Waals surface area contributed by atoms with Gasteiger partial charge in [0.1, 0.15) is 22.8 Å². The minimum Gasteiger partial charge on any atom is -0.489 e. The van der Waals surface area contributed by atoms with E-state index >= 15 is 0 Å². The van der Waals surface area contributed by atoms with E-state index in [2.05, 4.69) is 20.9 Å². The van der Waals surface area contributed by atoms with Gasteiger partial charge in [0, 0.05) is 17.8 Å². The van der Waals surface area contributed by atoms with Crippen LogP contribution in [0.1, 0.15) is 11.1 Å². The molecular weight excluding hydrogens is 299 g/mol. The monoisotopic (exact) mass is 306 g/mol. The number of rotatable bonds is 3. The van der Waals surface area contributed by atoms with Gasteiger partial charge >= 0.3 is 0 Å². The number of hydrogen-bond donors (Lipinski definition) is 0. The van der Waals surface area contributed by atoms with Gasteiger partial charge in [-0.2, -0.15) is 5.26 Å². The molecule has 3 nitrogen and oxygen atoms in total. The first-order valence-electron chi connectivity index (χ1n) is 5.12. The van der Waals surface area contributed by atoms with Crippen molar-refractivity contribution in [2.24, 2.45) is 0 Å². The molecule has 0 N–H and O–H groups in total. The zero-order chi connectivity index (χ0) is 13.0. The predicted molar refractivity (Wildman–Crippen MR) is 67.4 cm³/mol. The molecule has 2 rings (SSSR count). The molecule has 0 aliphatic carbocycles. The lowest BCUT2D eigenvalue weighted by molar-refractivity contribution is 0.299. The third-order valence-corrected chi connectivity index (χ3v) is 2.71. The van der Waals surface area contributed by atoms with Gasteiger partial charge in [-0.15, -0.1) is 0 Å². The summed E-state index contributed by atoms with van der Waals surface area (Å²) in [5, 5.41) is 8.63. The highest BCUT2D eigenvalue weighted by Crippen LogP contribution is 2.18. The van der Waals surface area contributed by atoms with Crippen molar-refractivity contribution in [3.63, 3.8) is 0 Å². The normalized spacial score (nSPS) is 9.83. The van der Waals surface area contributed by atoms with Crippen molar-refractivity contribution in [3.8, 4) is 11.8 Å². The van der Waals surface area contributed by atoms with Gasteiger partial charge in [0.2, 0.25) is 0 Å². The summed E-state index contributed by atoms with van der Waals surface area (Å²) in [4.78, 5) is 3.96. The largest absolute Gasteiger partial charge is 0.489 e. The Hall–Kier alpha value is -1.93. The van der Waals surface area contributed by atoms with Crippen molar-refractivity contribution in [2.75, 3.05) is 0 Å². The first-order chi connectivity index (χ1) is 8.69. The van der Waals surface area contributed by atoms with E-state index < -0.39 is 5.82 Å². The van der Waals surface area contributed by atoms with Crippen molar-refractivity contribution in [1.29, 1.82) is 5.26 Å².